The number of hydrogen-bond donors (Lipinski definition) is 2. The molecule has 0 saturated heterocycles. The molecular formula is C13H16N4O2S2. The molecule has 0 amide bonds. The summed E-state index contributed by atoms with van der Waals surface area (Å²) >= 11 is 1.47. The maximum absolute atomic E-state index is 12.6. The Morgan fingerprint density at radius 3 is 2.90 bits per heavy atom. The molecule has 0 atom stereocenters. The van der Waals surface area contributed by atoms with Gasteiger partial charge in [0.1, 0.15) is 4.90 Å². The van der Waals surface area contributed by atoms with Gasteiger partial charge in [0.25, 0.3) is 10.0 Å². The van der Waals surface area contributed by atoms with E-state index in [1.165, 1.54) is 30.4 Å². The van der Waals surface area contributed by atoms with Crippen LogP contribution < -0.4 is 10.0 Å². The Bertz CT molecular complexity index is 724. The number of hydrogen-bond acceptors (Lipinski definition) is 6. The number of nitrogens with zero attached hydrogens (tertiary/aromatic N) is 2. The van der Waals surface area contributed by atoms with E-state index in [4.69, 9.17) is 0 Å². The highest BCUT2D eigenvalue weighted by Crippen LogP contribution is 2.29. The van der Waals surface area contributed by atoms with Crippen LogP contribution in [0.1, 0.15) is 23.3 Å². The third kappa shape index (κ3) is 3.39. The summed E-state index contributed by atoms with van der Waals surface area (Å²) in [6.07, 6.45) is 3.84. The zero-order valence-corrected chi connectivity index (χ0v) is 13.2. The lowest BCUT2D eigenvalue weighted by atomic mass is 10.3. The summed E-state index contributed by atoms with van der Waals surface area (Å²) in [5, 5.41) is 12.7. The quantitative estimate of drug-likeness (QED) is 0.848. The van der Waals surface area contributed by atoms with E-state index in [9.17, 15) is 8.42 Å². The normalized spacial score (nSPS) is 15.1. The Labute approximate surface area is 127 Å². The summed E-state index contributed by atoms with van der Waals surface area (Å²) in [6.45, 7) is 2.39. The molecule has 0 unspecified atom stereocenters. The van der Waals surface area contributed by atoms with Crippen LogP contribution in [0.2, 0.25) is 0 Å². The summed E-state index contributed by atoms with van der Waals surface area (Å²) < 4.78 is 27.6. The molecule has 0 radical (unpaired) electrons. The zero-order chi connectivity index (χ0) is 14.9. The minimum atomic E-state index is -3.64. The van der Waals surface area contributed by atoms with Crippen molar-refractivity contribution >= 4 is 27.2 Å². The minimum Gasteiger partial charge on any atom is -0.309 e. The maximum Gasteiger partial charge on any atom is 0.264 e. The number of aryl methyl sites for hydroxylation is 1. The third-order valence-electron chi connectivity index (χ3n) is 3.20. The molecule has 0 aromatic carbocycles. The lowest BCUT2D eigenvalue weighted by Crippen LogP contribution is -2.20. The van der Waals surface area contributed by atoms with Crippen molar-refractivity contribution in [2.45, 2.75) is 37.2 Å². The molecule has 0 spiro atoms. The SMILES string of the molecule is Cc1csc(CNC2CC2)c1S(=O)(=O)Nc1cccnn1. The molecule has 2 heterocycles. The summed E-state index contributed by atoms with van der Waals surface area (Å²) in [5.74, 6) is 0.226. The second-order valence-electron chi connectivity index (χ2n) is 5.04. The first-order chi connectivity index (χ1) is 10.1. The number of anilines is 1. The molecule has 1 fully saturated rings. The van der Waals surface area contributed by atoms with Crippen molar-refractivity contribution in [3.05, 3.63) is 34.2 Å². The maximum atomic E-state index is 12.6. The van der Waals surface area contributed by atoms with Gasteiger partial charge in [0.05, 0.1) is 0 Å². The Kier molecular flexibility index (Phi) is 3.92. The van der Waals surface area contributed by atoms with Crippen LogP contribution in [0.4, 0.5) is 5.82 Å². The molecule has 0 bridgehead atoms. The van der Waals surface area contributed by atoms with Crippen molar-refractivity contribution in [1.29, 1.82) is 0 Å². The fourth-order valence-corrected chi connectivity index (χ4v) is 4.80. The second-order valence-corrected chi connectivity index (χ2v) is 7.62. The molecule has 2 aromatic rings. The van der Waals surface area contributed by atoms with Crippen LogP contribution in [-0.2, 0) is 16.6 Å². The van der Waals surface area contributed by atoms with Gasteiger partial charge in [0.2, 0.25) is 0 Å². The van der Waals surface area contributed by atoms with Gasteiger partial charge in [0, 0.05) is 23.7 Å². The van der Waals surface area contributed by atoms with Crippen LogP contribution in [-0.4, -0.2) is 24.7 Å². The van der Waals surface area contributed by atoms with E-state index in [-0.39, 0.29) is 5.82 Å². The van der Waals surface area contributed by atoms with E-state index in [1.807, 2.05) is 12.3 Å². The van der Waals surface area contributed by atoms with E-state index in [2.05, 4.69) is 20.2 Å². The molecule has 1 saturated carbocycles. The first kappa shape index (κ1) is 14.4. The van der Waals surface area contributed by atoms with Gasteiger partial charge in [-0.25, -0.2) is 8.42 Å². The van der Waals surface area contributed by atoms with Gasteiger partial charge in [-0.05, 0) is 42.8 Å². The van der Waals surface area contributed by atoms with Gasteiger partial charge in [-0.2, -0.15) is 5.10 Å². The van der Waals surface area contributed by atoms with Crippen molar-refractivity contribution in [2.24, 2.45) is 0 Å². The molecule has 2 aromatic heterocycles. The Balaban J connectivity index is 1.85. The topological polar surface area (TPSA) is 84.0 Å². The predicted octanol–water partition coefficient (Wildman–Crippen LogP) is 1.90. The van der Waals surface area contributed by atoms with Crippen molar-refractivity contribution in [1.82, 2.24) is 15.5 Å². The van der Waals surface area contributed by atoms with Gasteiger partial charge >= 0.3 is 0 Å². The average molecular weight is 324 g/mol. The number of nitrogens with one attached hydrogen (secondary N) is 2. The Morgan fingerprint density at radius 1 is 1.43 bits per heavy atom. The van der Waals surface area contributed by atoms with Gasteiger partial charge < -0.3 is 5.32 Å². The molecule has 3 rings (SSSR count). The van der Waals surface area contributed by atoms with Crippen LogP contribution >= 0.6 is 11.3 Å². The van der Waals surface area contributed by atoms with Crippen LogP contribution in [0.25, 0.3) is 0 Å². The fraction of sp³-hybridized carbons (Fsp3) is 0.385. The van der Waals surface area contributed by atoms with Crippen LogP contribution in [0.15, 0.2) is 28.6 Å². The number of rotatable bonds is 6. The summed E-state index contributed by atoms with van der Waals surface area (Å²) in [6, 6.07) is 3.76. The lowest BCUT2D eigenvalue weighted by molar-refractivity contribution is 0.598. The molecule has 0 aliphatic heterocycles. The van der Waals surface area contributed by atoms with E-state index >= 15 is 0 Å². The molecule has 112 valence electrons. The highest BCUT2D eigenvalue weighted by molar-refractivity contribution is 7.93. The van der Waals surface area contributed by atoms with Gasteiger partial charge in [-0.3, -0.25) is 4.72 Å². The van der Waals surface area contributed by atoms with Crippen LogP contribution in [0.3, 0.4) is 0 Å². The molecule has 1 aliphatic carbocycles. The first-order valence-corrected chi connectivity index (χ1v) is 9.03. The monoisotopic (exact) mass is 324 g/mol. The molecule has 1 aliphatic rings. The lowest BCUT2D eigenvalue weighted by Gasteiger charge is -2.09. The highest BCUT2D eigenvalue weighted by atomic mass is 32.2. The van der Waals surface area contributed by atoms with Crippen LogP contribution in [0.5, 0.6) is 0 Å². The smallest absolute Gasteiger partial charge is 0.264 e. The standard InChI is InChI=1S/C13H16N4O2S2/c1-9-8-20-11(7-14-10-4-5-10)13(9)21(18,19)17-12-3-2-6-15-16-12/h2-3,6,8,10,14H,4-5,7H2,1H3,(H,16,17). The van der Waals surface area contributed by atoms with Crippen molar-refractivity contribution in [3.8, 4) is 0 Å². The van der Waals surface area contributed by atoms with Crippen molar-refractivity contribution in [3.63, 3.8) is 0 Å². The summed E-state index contributed by atoms with van der Waals surface area (Å²) in [7, 11) is -3.64. The van der Waals surface area contributed by atoms with Gasteiger partial charge in [-0.1, -0.05) is 0 Å². The van der Waals surface area contributed by atoms with Gasteiger partial charge in [-0.15, -0.1) is 16.4 Å². The number of sulfonamides is 1. The molecule has 6 nitrogen and oxygen atoms in total. The first-order valence-electron chi connectivity index (χ1n) is 6.67. The average Bonchev–Trinajstić information content (AvgIpc) is 3.19. The number of thiophene rings is 1. The van der Waals surface area contributed by atoms with Gasteiger partial charge in [0.15, 0.2) is 5.82 Å². The molecule has 2 N–H and O–H groups in total. The molecular weight excluding hydrogens is 308 g/mol. The second kappa shape index (κ2) is 5.70. The van der Waals surface area contributed by atoms with Crippen molar-refractivity contribution in [2.75, 3.05) is 4.72 Å². The third-order valence-corrected chi connectivity index (χ3v) is 6.02. The Morgan fingerprint density at radius 2 is 2.24 bits per heavy atom. The van der Waals surface area contributed by atoms with E-state index in [1.54, 1.807) is 12.1 Å². The highest BCUT2D eigenvalue weighted by Gasteiger charge is 2.26. The molecule has 8 heteroatoms. The van der Waals surface area contributed by atoms with E-state index < -0.39 is 10.0 Å². The van der Waals surface area contributed by atoms with E-state index in [0.29, 0.717) is 17.5 Å². The fourth-order valence-electron chi connectivity index (χ4n) is 2.04. The van der Waals surface area contributed by atoms with Crippen molar-refractivity contribution < 1.29 is 8.42 Å². The molecule has 21 heavy (non-hydrogen) atoms. The predicted molar refractivity (Wildman–Crippen MR) is 81.8 cm³/mol. The largest absolute Gasteiger partial charge is 0.309 e. The van der Waals surface area contributed by atoms with Crippen LogP contribution in [0, 0.1) is 6.92 Å². The number of aromatic nitrogens is 2. The minimum absolute atomic E-state index is 0.226. The van der Waals surface area contributed by atoms with E-state index in [0.717, 1.165) is 10.4 Å². The Hall–Kier alpha value is -1.51. The zero-order valence-electron chi connectivity index (χ0n) is 11.5. The summed E-state index contributed by atoms with van der Waals surface area (Å²) in [4.78, 5) is 1.18. The summed E-state index contributed by atoms with van der Waals surface area (Å²) in [5.41, 5.74) is 0.754.